The van der Waals surface area contributed by atoms with Gasteiger partial charge < -0.3 is 20.4 Å². The highest BCUT2D eigenvalue weighted by molar-refractivity contribution is 7.90. The summed E-state index contributed by atoms with van der Waals surface area (Å²) in [5, 5.41) is 5.73. The van der Waals surface area contributed by atoms with E-state index in [1.54, 1.807) is 12.1 Å². The number of amides is 1. The van der Waals surface area contributed by atoms with Crippen LogP contribution in [-0.4, -0.2) is 48.7 Å². The Morgan fingerprint density at radius 1 is 1.17 bits per heavy atom. The lowest BCUT2D eigenvalue weighted by molar-refractivity contribution is -0.117. The first kappa shape index (κ1) is 23.6. The number of ether oxygens (including phenoxy) is 1. The number of sulfone groups is 1. The molecule has 0 radical (unpaired) electrons. The Balaban J connectivity index is 1.55. The van der Waals surface area contributed by atoms with Crippen molar-refractivity contribution in [2.75, 3.05) is 30.1 Å². The molecule has 186 valence electrons. The van der Waals surface area contributed by atoms with E-state index in [9.17, 15) is 22.0 Å². The number of fused-ring (bicyclic) bond motifs is 1. The fraction of sp³-hybridized carbons (Fsp3) is 0.435. The molecule has 3 N–H and O–H groups in total. The Bertz CT molecular complexity index is 1380. The quantitative estimate of drug-likeness (QED) is 0.437. The van der Waals surface area contributed by atoms with Gasteiger partial charge in [-0.05, 0) is 43.4 Å². The Morgan fingerprint density at radius 2 is 1.97 bits per heavy atom. The van der Waals surface area contributed by atoms with Gasteiger partial charge >= 0.3 is 0 Å². The van der Waals surface area contributed by atoms with Crippen molar-refractivity contribution in [1.82, 2.24) is 15.0 Å². The minimum absolute atomic E-state index is 0.0493. The van der Waals surface area contributed by atoms with Gasteiger partial charge in [-0.15, -0.1) is 0 Å². The lowest BCUT2D eigenvalue weighted by atomic mass is 9.93. The molecule has 3 heterocycles. The highest BCUT2D eigenvalue weighted by atomic mass is 32.2. The van der Waals surface area contributed by atoms with Gasteiger partial charge in [-0.25, -0.2) is 27.2 Å². The second-order valence-corrected chi connectivity index (χ2v) is 11.0. The molecule has 0 bridgehead atoms. The zero-order valence-corrected chi connectivity index (χ0v) is 19.8. The zero-order valence-electron chi connectivity index (χ0n) is 19.0. The number of alkyl halides is 2. The van der Waals surface area contributed by atoms with Gasteiger partial charge in [0.05, 0.1) is 22.9 Å². The van der Waals surface area contributed by atoms with Gasteiger partial charge in [0, 0.05) is 30.8 Å². The van der Waals surface area contributed by atoms with Gasteiger partial charge in [0.25, 0.3) is 6.43 Å². The minimum atomic E-state index is -3.65. The van der Waals surface area contributed by atoms with Crippen LogP contribution in [0.1, 0.15) is 49.4 Å². The molecule has 1 atom stereocenters. The summed E-state index contributed by atoms with van der Waals surface area (Å²) >= 11 is 0. The fourth-order valence-corrected chi connectivity index (χ4v) is 5.07. The number of hydrogen-bond acceptors (Lipinski definition) is 7. The van der Waals surface area contributed by atoms with Crippen LogP contribution in [0.15, 0.2) is 29.2 Å². The number of halogens is 2. The Kier molecular flexibility index (Phi) is 6.18. The number of carbonyl (C=O) groups is 1. The summed E-state index contributed by atoms with van der Waals surface area (Å²) in [5.74, 6) is -0.617. The lowest BCUT2D eigenvalue weighted by Crippen LogP contribution is -2.16. The van der Waals surface area contributed by atoms with Crippen molar-refractivity contribution in [3.8, 4) is 0 Å². The minimum Gasteiger partial charge on any atom is -0.381 e. The molecule has 1 amide bonds. The predicted octanol–water partition coefficient (Wildman–Crippen LogP) is 4.29. The molecule has 1 aromatic carbocycles. The second kappa shape index (κ2) is 9.15. The summed E-state index contributed by atoms with van der Waals surface area (Å²) in [6.07, 6.45) is 1.62. The van der Waals surface area contributed by atoms with Crippen LogP contribution in [0.5, 0.6) is 0 Å². The number of H-pyrrole nitrogens is 1. The van der Waals surface area contributed by atoms with Crippen molar-refractivity contribution in [3.63, 3.8) is 0 Å². The van der Waals surface area contributed by atoms with E-state index in [2.05, 4.69) is 25.6 Å². The maximum Gasteiger partial charge on any atom is 0.295 e. The fourth-order valence-electron chi connectivity index (χ4n) is 4.20. The van der Waals surface area contributed by atoms with Crippen LogP contribution in [0.25, 0.3) is 11.2 Å². The van der Waals surface area contributed by atoms with E-state index in [1.165, 1.54) is 6.07 Å². The molecule has 1 aliphatic heterocycles. The van der Waals surface area contributed by atoms with E-state index in [-0.39, 0.29) is 51.0 Å². The molecule has 35 heavy (non-hydrogen) atoms. The Hall–Kier alpha value is -3.12. The standard InChI is InChI=1S/C23H25F2N5O4S/c1-35(32,33)17-9-13(14-3-2-8-34-11-14)6-7-15(17)26-16-10-18(28-23(31)12-4-5-12)27-21-19(16)29-22(30-21)20(24)25/h6-7,9-10,12,14,20H,2-5,8,11H2,1H3,(H3,26,27,28,29,30,31). The third-order valence-electron chi connectivity index (χ3n) is 6.18. The second-order valence-electron chi connectivity index (χ2n) is 9.01. The first-order chi connectivity index (χ1) is 16.7. The molecule has 2 fully saturated rings. The number of aromatic nitrogens is 3. The van der Waals surface area contributed by atoms with Crippen LogP contribution in [-0.2, 0) is 19.4 Å². The highest BCUT2D eigenvalue weighted by Gasteiger charge is 2.30. The van der Waals surface area contributed by atoms with Crippen LogP contribution in [0.4, 0.5) is 26.0 Å². The maximum absolute atomic E-state index is 13.3. The van der Waals surface area contributed by atoms with Crippen LogP contribution < -0.4 is 10.6 Å². The number of anilines is 3. The van der Waals surface area contributed by atoms with Crippen LogP contribution >= 0.6 is 0 Å². The molecule has 12 heteroatoms. The average Bonchev–Trinajstić information content (AvgIpc) is 3.58. The van der Waals surface area contributed by atoms with Gasteiger partial charge in [-0.2, -0.15) is 0 Å². The monoisotopic (exact) mass is 505 g/mol. The third-order valence-corrected chi connectivity index (χ3v) is 7.32. The summed E-state index contributed by atoms with van der Waals surface area (Å²) in [5.41, 5.74) is 1.51. The molecular formula is C23H25F2N5O4S. The van der Waals surface area contributed by atoms with E-state index in [0.29, 0.717) is 13.2 Å². The number of pyridine rings is 1. The molecule has 2 aliphatic rings. The maximum atomic E-state index is 13.3. The molecule has 1 unspecified atom stereocenters. The third kappa shape index (κ3) is 5.13. The van der Waals surface area contributed by atoms with Gasteiger partial charge in [-0.1, -0.05) is 6.07 Å². The number of hydrogen-bond donors (Lipinski definition) is 3. The SMILES string of the molecule is CS(=O)(=O)c1cc(C2CCCOC2)ccc1Nc1cc(NC(=O)C2CC2)nc2[nH]c(C(F)F)nc12. The van der Waals surface area contributed by atoms with E-state index in [1.807, 2.05) is 6.07 Å². The predicted molar refractivity (Wildman–Crippen MR) is 126 cm³/mol. The topological polar surface area (TPSA) is 126 Å². The summed E-state index contributed by atoms with van der Waals surface area (Å²) < 4.78 is 57.5. The molecular weight excluding hydrogens is 480 g/mol. The number of aromatic amines is 1. The van der Waals surface area contributed by atoms with Gasteiger partial charge in [0.2, 0.25) is 5.91 Å². The molecule has 1 saturated heterocycles. The number of carbonyl (C=O) groups excluding carboxylic acids is 1. The molecule has 0 spiro atoms. The van der Waals surface area contributed by atoms with Crippen LogP contribution in [0.3, 0.4) is 0 Å². The zero-order chi connectivity index (χ0) is 24.7. The summed E-state index contributed by atoms with van der Waals surface area (Å²) in [4.78, 5) is 23.0. The first-order valence-electron chi connectivity index (χ1n) is 11.4. The Morgan fingerprint density at radius 3 is 2.63 bits per heavy atom. The smallest absolute Gasteiger partial charge is 0.295 e. The van der Waals surface area contributed by atoms with Crippen LogP contribution in [0, 0.1) is 5.92 Å². The van der Waals surface area contributed by atoms with Gasteiger partial charge in [-0.3, -0.25) is 4.79 Å². The van der Waals surface area contributed by atoms with Crippen molar-refractivity contribution in [3.05, 3.63) is 35.7 Å². The van der Waals surface area contributed by atoms with E-state index < -0.39 is 22.1 Å². The summed E-state index contributed by atoms with van der Waals surface area (Å²) in [7, 11) is -3.65. The molecule has 9 nitrogen and oxygen atoms in total. The molecule has 5 rings (SSSR count). The van der Waals surface area contributed by atoms with Crippen molar-refractivity contribution in [2.45, 2.75) is 42.9 Å². The van der Waals surface area contributed by atoms with Crippen molar-refractivity contribution in [1.29, 1.82) is 0 Å². The average molecular weight is 506 g/mol. The number of nitrogens with one attached hydrogen (secondary N) is 3. The van der Waals surface area contributed by atoms with Crippen molar-refractivity contribution < 1.29 is 26.7 Å². The Labute approximate surface area is 200 Å². The van der Waals surface area contributed by atoms with E-state index in [4.69, 9.17) is 4.74 Å². The number of benzene rings is 1. The number of imidazole rings is 1. The first-order valence-corrected chi connectivity index (χ1v) is 13.3. The van der Waals surface area contributed by atoms with Crippen LogP contribution in [0.2, 0.25) is 0 Å². The lowest BCUT2D eigenvalue weighted by Gasteiger charge is -2.23. The van der Waals surface area contributed by atoms with Gasteiger partial charge in [0.1, 0.15) is 11.3 Å². The number of rotatable bonds is 7. The highest BCUT2D eigenvalue weighted by Crippen LogP contribution is 2.35. The van der Waals surface area contributed by atoms with Crippen molar-refractivity contribution >= 4 is 44.1 Å². The van der Waals surface area contributed by atoms with E-state index in [0.717, 1.165) is 37.5 Å². The molecule has 1 aliphatic carbocycles. The molecule has 1 saturated carbocycles. The molecule has 3 aromatic rings. The normalized spacial score (nSPS) is 18.7. The van der Waals surface area contributed by atoms with Gasteiger partial charge in [0.15, 0.2) is 21.3 Å². The van der Waals surface area contributed by atoms with E-state index >= 15 is 0 Å². The largest absolute Gasteiger partial charge is 0.381 e. The van der Waals surface area contributed by atoms with Crippen molar-refractivity contribution in [2.24, 2.45) is 5.92 Å². The number of nitrogens with zero attached hydrogens (tertiary/aromatic N) is 2. The summed E-state index contributed by atoms with van der Waals surface area (Å²) in [6.45, 7) is 1.21. The summed E-state index contributed by atoms with van der Waals surface area (Å²) in [6, 6.07) is 6.57. The molecule has 2 aromatic heterocycles.